The van der Waals surface area contributed by atoms with E-state index in [1.165, 1.54) is 11.3 Å². The number of hydrogen-bond donors (Lipinski definition) is 1. The molecule has 1 atom stereocenters. The topological polar surface area (TPSA) is 81.2 Å². The molecule has 0 fully saturated rings. The number of ether oxygens (including phenoxy) is 1. The van der Waals surface area contributed by atoms with Crippen LogP contribution in [0.1, 0.15) is 30.8 Å². The van der Waals surface area contributed by atoms with Crippen LogP contribution in [0.2, 0.25) is 0 Å². The third-order valence-electron chi connectivity index (χ3n) is 3.20. The molecule has 0 saturated heterocycles. The smallest absolute Gasteiger partial charge is 0.328 e. The molecule has 2 aromatic heterocycles. The van der Waals surface area contributed by atoms with Crippen molar-refractivity contribution in [2.45, 2.75) is 32.4 Å². The monoisotopic (exact) mass is 379 g/mol. The van der Waals surface area contributed by atoms with Crippen molar-refractivity contribution >= 4 is 35.0 Å². The third-order valence-corrected chi connectivity index (χ3v) is 4.73. The van der Waals surface area contributed by atoms with E-state index in [1.54, 1.807) is 43.4 Å². The van der Waals surface area contributed by atoms with Crippen molar-refractivity contribution in [2.75, 3.05) is 12.0 Å². The van der Waals surface area contributed by atoms with Crippen LogP contribution in [-0.4, -0.2) is 46.0 Å². The predicted molar refractivity (Wildman–Crippen MR) is 101 cm³/mol. The molecular weight excluding hydrogens is 358 g/mol. The Morgan fingerprint density at radius 3 is 2.84 bits per heavy atom. The Morgan fingerprint density at radius 2 is 2.20 bits per heavy atom. The molecule has 2 aromatic rings. The van der Waals surface area contributed by atoms with Crippen LogP contribution in [-0.2, 0) is 9.53 Å². The summed E-state index contributed by atoms with van der Waals surface area (Å²) < 4.78 is 5.23. The molecule has 2 rings (SSSR count). The first-order chi connectivity index (χ1) is 12.0. The predicted octanol–water partition coefficient (Wildman–Crippen LogP) is 3.01. The SMILES string of the molecule is CSCCC(NC(=O)c1csc(-c2cccnc2)n1)C(=O)OC(C)C. The zero-order chi connectivity index (χ0) is 18.2. The lowest BCUT2D eigenvalue weighted by Gasteiger charge is -2.18. The molecule has 6 nitrogen and oxygen atoms in total. The maximum absolute atomic E-state index is 12.5. The minimum Gasteiger partial charge on any atom is -0.461 e. The largest absolute Gasteiger partial charge is 0.461 e. The first kappa shape index (κ1) is 19.4. The molecule has 1 unspecified atom stereocenters. The Kier molecular flexibility index (Phi) is 7.39. The highest BCUT2D eigenvalue weighted by Crippen LogP contribution is 2.22. The molecule has 0 aliphatic heterocycles. The van der Waals surface area contributed by atoms with Gasteiger partial charge in [0.25, 0.3) is 5.91 Å². The maximum Gasteiger partial charge on any atom is 0.328 e. The summed E-state index contributed by atoms with van der Waals surface area (Å²) in [6.07, 6.45) is 5.62. The van der Waals surface area contributed by atoms with E-state index in [9.17, 15) is 9.59 Å². The zero-order valence-corrected chi connectivity index (χ0v) is 16.0. The number of thioether (sulfide) groups is 1. The van der Waals surface area contributed by atoms with Gasteiger partial charge >= 0.3 is 5.97 Å². The molecule has 8 heteroatoms. The van der Waals surface area contributed by atoms with Crippen LogP contribution in [0.5, 0.6) is 0 Å². The second-order valence-corrected chi connectivity index (χ2v) is 7.42. The van der Waals surface area contributed by atoms with Crippen LogP contribution < -0.4 is 5.32 Å². The Morgan fingerprint density at radius 1 is 1.40 bits per heavy atom. The summed E-state index contributed by atoms with van der Waals surface area (Å²) in [4.78, 5) is 33.0. The standard InChI is InChI=1S/C17H21N3O3S2/c1-11(2)23-17(22)13(6-8-24-3)19-15(21)14-10-25-16(20-14)12-5-4-7-18-9-12/h4-5,7,9-11,13H,6,8H2,1-3H3,(H,19,21). The van der Waals surface area contributed by atoms with E-state index < -0.39 is 12.0 Å². The lowest BCUT2D eigenvalue weighted by Crippen LogP contribution is -2.43. The summed E-state index contributed by atoms with van der Waals surface area (Å²) in [7, 11) is 0. The fourth-order valence-electron chi connectivity index (χ4n) is 2.03. The van der Waals surface area contributed by atoms with Crippen LogP contribution >= 0.6 is 23.1 Å². The highest BCUT2D eigenvalue weighted by atomic mass is 32.2. The van der Waals surface area contributed by atoms with E-state index in [-0.39, 0.29) is 17.7 Å². The van der Waals surface area contributed by atoms with E-state index >= 15 is 0 Å². The number of pyridine rings is 1. The van der Waals surface area contributed by atoms with Crippen molar-refractivity contribution in [3.05, 3.63) is 35.6 Å². The van der Waals surface area contributed by atoms with Crippen LogP contribution in [0.25, 0.3) is 10.6 Å². The minimum atomic E-state index is -0.675. The lowest BCUT2D eigenvalue weighted by molar-refractivity contribution is -0.149. The molecule has 2 heterocycles. The Hall–Kier alpha value is -1.93. The molecule has 134 valence electrons. The number of carbonyl (C=O) groups excluding carboxylic acids is 2. The number of amides is 1. The van der Waals surface area contributed by atoms with Gasteiger partial charge < -0.3 is 10.1 Å². The van der Waals surface area contributed by atoms with Gasteiger partial charge in [-0.25, -0.2) is 9.78 Å². The third kappa shape index (κ3) is 5.82. The van der Waals surface area contributed by atoms with Gasteiger partial charge in [-0.05, 0) is 44.4 Å². The Bertz CT molecular complexity index is 704. The van der Waals surface area contributed by atoms with Gasteiger partial charge in [-0.2, -0.15) is 11.8 Å². The number of hydrogen-bond acceptors (Lipinski definition) is 7. The average Bonchev–Trinajstić information content (AvgIpc) is 3.08. The molecule has 0 aliphatic rings. The van der Waals surface area contributed by atoms with Crippen molar-refractivity contribution in [3.63, 3.8) is 0 Å². The van der Waals surface area contributed by atoms with Gasteiger partial charge in [0.05, 0.1) is 6.10 Å². The van der Waals surface area contributed by atoms with Crippen molar-refractivity contribution in [2.24, 2.45) is 0 Å². The van der Waals surface area contributed by atoms with Gasteiger partial charge in [0, 0.05) is 23.3 Å². The summed E-state index contributed by atoms with van der Waals surface area (Å²) in [6, 6.07) is 3.02. The molecule has 0 bridgehead atoms. The number of nitrogens with one attached hydrogen (secondary N) is 1. The second kappa shape index (κ2) is 9.53. The summed E-state index contributed by atoms with van der Waals surface area (Å²) in [6.45, 7) is 3.57. The summed E-state index contributed by atoms with van der Waals surface area (Å²) >= 11 is 2.97. The Labute approximate surface area is 155 Å². The number of rotatable bonds is 8. The van der Waals surface area contributed by atoms with Crippen molar-refractivity contribution in [3.8, 4) is 10.6 Å². The quantitative estimate of drug-likeness (QED) is 0.710. The first-order valence-electron chi connectivity index (χ1n) is 7.87. The maximum atomic E-state index is 12.5. The van der Waals surface area contributed by atoms with Crippen LogP contribution in [0.4, 0.5) is 0 Å². The lowest BCUT2D eigenvalue weighted by atomic mass is 10.2. The minimum absolute atomic E-state index is 0.224. The molecule has 25 heavy (non-hydrogen) atoms. The highest BCUT2D eigenvalue weighted by molar-refractivity contribution is 7.98. The van der Waals surface area contributed by atoms with Crippen molar-refractivity contribution in [1.29, 1.82) is 0 Å². The molecular formula is C17H21N3O3S2. The molecule has 0 spiro atoms. The molecule has 1 N–H and O–H groups in total. The number of aromatic nitrogens is 2. The average molecular weight is 380 g/mol. The van der Waals surface area contributed by atoms with Crippen molar-refractivity contribution in [1.82, 2.24) is 15.3 Å². The number of nitrogens with zero attached hydrogens (tertiary/aromatic N) is 2. The summed E-state index contributed by atoms with van der Waals surface area (Å²) in [5.74, 6) is -0.0471. The van der Waals surface area contributed by atoms with Crippen LogP contribution in [0.15, 0.2) is 29.9 Å². The van der Waals surface area contributed by atoms with Gasteiger partial charge in [0.1, 0.15) is 16.7 Å². The molecule has 1 amide bonds. The van der Waals surface area contributed by atoms with E-state index in [0.29, 0.717) is 11.4 Å². The first-order valence-corrected chi connectivity index (χ1v) is 10.1. The fourth-order valence-corrected chi connectivity index (χ4v) is 3.29. The molecule has 0 aromatic carbocycles. The highest BCUT2D eigenvalue weighted by Gasteiger charge is 2.24. The normalized spacial score (nSPS) is 12.0. The van der Waals surface area contributed by atoms with Crippen molar-refractivity contribution < 1.29 is 14.3 Å². The van der Waals surface area contributed by atoms with E-state index in [1.807, 2.05) is 18.4 Å². The number of carbonyl (C=O) groups is 2. The zero-order valence-electron chi connectivity index (χ0n) is 14.4. The molecule has 0 radical (unpaired) electrons. The summed E-state index contributed by atoms with van der Waals surface area (Å²) in [5.41, 5.74) is 1.14. The van der Waals surface area contributed by atoms with Gasteiger partial charge in [-0.15, -0.1) is 11.3 Å². The van der Waals surface area contributed by atoms with Gasteiger partial charge in [0.15, 0.2) is 0 Å². The molecule has 0 saturated carbocycles. The number of esters is 1. The van der Waals surface area contributed by atoms with E-state index in [2.05, 4.69) is 15.3 Å². The van der Waals surface area contributed by atoms with Gasteiger partial charge in [-0.1, -0.05) is 0 Å². The number of thiazole rings is 1. The van der Waals surface area contributed by atoms with E-state index in [4.69, 9.17) is 4.74 Å². The Balaban J connectivity index is 2.07. The van der Waals surface area contributed by atoms with Gasteiger partial charge in [-0.3, -0.25) is 9.78 Å². The van der Waals surface area contributed by atoms with Gasteiger partial charge in [0.2, 0.25) is 0 Å². The van der Waals surface area contributed by atoms with E-state index in [0.717, 1.165) is 11.3 Å². The second-order valence-electron chi connectivity index (χ2n) is 5.57. The van der Waals surface area contributed by atoms with Crippen LogP contribution in [0.3, 0.4) is 0 Å². The fraction of sp³-hybridized carbons (Fsp3) is 0.412. The molecule has 0 aliphatic carbocycles. The van der Waals surface area contributed by atoms with Crippen LogP contribution in [0, 0.1) is 0 Å². The summed E-state index contributed by atoms with van der Waals surface area (Å²) in [5, 5.41) is 5.13.